The molecule has 3 aromatic rings. The van der Waals surface area contributed by atoms with E-state index in [0.717, 1.165) is 18.4 Å². The molecule has 10 heteroatoms. The van der Waals surface area contributed by atoms with Gasteiger partial charge in [0.15, 0.2) is 5.82 Å². The zero-order valence-electron chi connectivity index (χ0n) is 14.5. The number of ether oxygens (including phenoxy) is 1. The summed E-state index contributed by atoms with van der Waals surface area (Å²) in [6.45, 7) is 1.45. The quantitative estimate of drug-likeness (QED) is 0.680. The smallest absolute Gasteiger partial charge is 0.319 e. The van der Waals surface area contributed by atoms with Crippen LogP contribution in [-0.2, 0) is 17.8 Å². The number of carbonyl (C=O) groups is 1. The van der Waals surface area contributed by atoms with E-state index in [9.17, 15) is 4.79 Å². The molecule has 1 atom stereocenters. The number of anilines is 1. The summed E-state index contributed by atoms with van der Waals surface area (Å²) in [6, 6.07) is 7.17. The number of hydrogen-bond donors (Lipinski definition) is 2. The van der Waals surface area contributed by atoms with Crippen molar-refractivity contribution in [1.82, 2.24) is 30.2 Å². The summed E-state index contributed by atoms with van der Waals surface area (Å²) in [5.74, 6) is 0.876. The van der Waals surface area contributed by atoms with Crippen molar-refractivity contribution in [3.8, 4) is 0 Å². The third kappa shape index (κ3) is 4.47. The lowest BCUT2D eigenvalue weighted by Gasteiger charge is -2.08. The number of amides is 2. The number of rotatable bonds is 6. The van der Waals surface area contributed by atoms with E-state index in [2.05, 4.69) is 30.9 Å². The Hall–Kier alpha value is -3.27. The molecule has 140 valence electrons. The second-order valence-electron chi connectivity index (χ2n) is 6.15. The molecular formula is C17H19N7O3. The lowest BCUT2D eigenvalue weighted by Crippen LogP contribution is -2.28. The van der Waals surface area contributed by atoms with Crippen molar-refractivity contribution in [2.75, 3.05) is 11.9 Å². The van der Waals surface area contributed by atoms with E-state index in [1.54, 1.807) is 11.0 Å². The Morgan fingerprint density at radius 2 is 2.33 bits per heavy atom. The number of urea groups is 1. The molecular weight excluding hydrogens is 350 g/mol. The Morgan fingerprint density at radius 1 is 1.37 bits per heavy atom. The van der Waals surface area contributed by atoms with E-state index < -0.39 is 0 Å². The van der Waals surface area contributed by atoms with Gasteiger partial charge in [0.05, 0.1) is 13.1 Å². The molecule has 4 rings (SSSR count). The minimum absolute atomic E-state index is 0.132. The SMILES string of the molecule is O=C(NCc1noc([C@@H]2CCCO2)n1)Nc1cccc(Cn2cncn2)c1. The van der Waals surface area contributed by atoms with Crippen LogP contribution in [0.1, 0.15) is 36.2 Å². The summed E-state index contributed by atoms with van der Waals surface area (Å²) < 4.78 is 12.4. The van der Waals surface area contributed by atoms with Gasteiger partial charge in [-0.05, 0) is 30.5 Å². The van der Waals surface area contributed by atoms with Crippen LogP contribution in [0.4, 0.5) is 10.5 Å². The second-order valence-corrected chi connectivity index (χ2v) is 6.15. The van der Waals surface area contributed by atoms with Gasteiger partial charge in [-0.2, -0.15) is 10.1 Å². The van der Waals surface area contributed by atoms with Crippen LogP contribution in [0.5, 0.6) is 0 Å². The Morgan fingerprint density at radius 3 is 3.15 bits per heavy atom. The van der Waals surface area contributed by atoms with Gasteiger partial charge in [0.2, 0.25) is 0 Å². The minimum atomic E-state index is -0.351. The second kappa shape index (κ2) is 7.96. The molecule has 0 unspecified atom stereocenters. The highest BCUT2D eigenvalue weighted by atomic mass is 16.5. The fourth-order valence-corrected chi connectivity index (χ4v) is 2.83. The Balaban J connectivity index is 1.29. The van der Waals surface area contributed by atoms with Gasteiger partial charge in [0.25, 0.3) is 5.89 Å². The van der Waals surface area contributed by atoms with Crippen molar-refractivity contribution in [3.05, 3.63) is 54.2 Å². The summed E-state index contributed by atoms with van der Waals surface area (Å²) in [7, 11) is 0. The number of carbonyl (C=O) groups excluding carboxylic acids is 1. The fourth-order valence-electron chi connectivity index (χ4n) is 2.83. The molecule has 2 aromatic heterocycles. The first-order chi connectivity index (χ1) is 13.3. The first kappa shape index (κ1) is 17.2. The first-order valence-electron chi connectivity index (χ1n) is 8.66. The van der Waals surface area contributed by atoms with Crippen LogP contribution in [0.15, 0.2) is 41.4 Å². The zero-order valence-corrected chi connectivity index (χ0v) is 14.5. The average molecular weight is 369 g/mol. The maximum Gasteiger partial charge on any atom is 0.319 e. The molecule has 0 aliphatic carbocycles. The number of hydrogen-bond acceptors (Lipinski definition) is 7. The van der Waals surface area contributed by atoms with E-state index in [-0.39, 0.29) is 18.7 Å². The van der Waals surface area contributed by atoms with E-state index in [0.29, 0.717) is 30.6 Å². The normalized spacial score (nSPS) is 16.4. The fraction of sp³-hybridized carbons (Fsp3) is 0.353. The monoisotopic (exact) mass is 369 g/mol. The Bertz CT molecular complexity index is 888. The van der Waals surface area contributed by atoms with Crippen molar-refractivity contribution < 1.29 is 14.1 Å². The van der Waals surface area contributed by atoms with Gasteiger partial charge in [0, 0.05) is 12.3 Å². The van der Waals surface area contributed by atoms with Crippen molar-refractivity contribution in [1.29, 1.82) is 0 Å². The van der Waals surface area contributed by atoms with Crippen LogP contribution >= 0.6 is 0 Å². The zero-order chi connectivity index (χ0) is 18.5. The maximum absolute atomic E-state index is 12.1. The number of nitrogens with zero attached hydrogens (tertiary/aromatic N) is 5. The third-order valence-corrected chi connectivity index (χ3v) is 4.09. The first-order valence-corrected chi connectivity index (χ1v) is 8.66. The summed E-state index contributed by atoms with van der Waals surface area (Å²) in [6.07, 6.45) is 4.85. The number of aromatic nitrogens is 5. The van der Waals surface area contributed by atoms with Gasteiger partial charge < -0.3 is 19.9 Å². The number of nitrogens with one attached hydrogen (secondary N) is 2. The van der Waals surface area contributed by atoms with Crippen LogP contribution in [0.25, 0.3) is 0 Å². The van der Waals surface area contributed by atoms with Gasteiger partial charge in [-0.15, -0.1) is 0 Å². The lowest BCUT2D eigenvalue weighted by molar-refractivity contribution is 0.0835. The molecule has 0 bridgehead atoms. The Labute approximate surface area is 154 Å². The minimum Gasteiger partial charge on any atom is -0.368 e. The molecule has 1 aliphatic rings. The van der Waals surface area contributed by atoms with Gasteiger partial charge in [-0.1, -0.05) is 17.3 Å². The summed E-state index contributed by atoms with van der Waals surface area (Å²) in [5.41, 5.74) is 1.68. The predicted octanol–water partition coefficient (Wildman–Crippen LogP) is 1.88. The third-order valence-electron chi connectivity index (χ3n) is 4.09. The van der Waals surface area contributed by atoms with E-state index in [1.165, 1.54) is 6.33 Å². The summed E-state index contributed by atoms with van der Waals surface area (Å²) in [5, 5.41) is 13.4. The van der Waals surface area contributed by atoms with Crippen LogP contribution in [0.2, 0.25) is 0 Å². The van der Waals surface area contributed by atoms with E-state index in [1.807, 2.05) is 24.3 Å². The molecule has 3 heterocycles. The molecule has 1 aromatic carbocycles. The number of benzene rings is 1. The molecule has 1 fully saturated rings. The van der Waals surface area contributed by atoms with E-state index in [4.69, 9.17) is 9.26 Å². The average Bonchev–Trinajstić information content (AvgIpc) is 3.42. The molecule has 1 aliphatic heterocycles. The molecule has 2 amide bonds. The molecule has 0 spiro atoms. The molecule has 0 saturated carbocycles. The van der Waals surface area contributed by atoms with Crippen LogP contribution in [0, 0.1) is 0 Å². The standard InChI is InChI=1S/C17H19N7O3/c25-17(19-8-15-22-16(27-23-15)14-5-2-6-26-14)21-13-4-1-3-12(7-13)9-24-11-18-10-20-24/h1,3-4,7,10-11,14H,2,5-6,8-9H2,(H2,19,21,25)/t14-/m0/s1. The van der Waals surface area contributed by atoms with E-state index >= 15 is 0 Å². The highest BCUT2D eigenvalue weighted by Crippen LogP contribution is 2.26. The summed E-state index contributed by atoms with van der Waals surface area (Å²) in [4.78, 5) is 20.3. The molecule has 27 heavy (non-hydrogen) atoms. The van der Waals surface area contributed by atoms with Crippen molar-refractivity contribution in [2.24, 2.45) is 0 Å². The van der Waals surface area contributed by atoms with Crippen molar-refractivity contribution >= 4 is 11.7 Å². The molecule has 2 N–H and O–H groups in total. The van der Waals surface area contributed by atoms with Gasteiger partial charge >= 0.3 is 6.03 Å². The van der Waals surface area contributed by atoms with Gasteiger partial charge in [0.1, 0.15) is 18.8 Å². The van der Waals surface area contributed by atoms with Gasteiger partial charge in [-0.3, -0.25) is 0 Å². The predicted molar refractivity (Wildman–Crippen MR) is 93.6 cm³/mol. The highest BCUT2D eigenvalue weighted by Gasteiger charge is 2.23. The van der Waals surface area contributed by atoms with Crippen LogP contribution in [0.3, 0.4) is 0 Å². The molecule has 10 nitrogen and oxygen atoms in total. The largest absolute Gasteiger partial charge is 0.368 e. The molecule has 1 saturated heterocycles. The molecule has 0 radical (unpaired) electrons. The topological polar surface area (TPSA) is 120 Å². The summed E-state index contributed by atoms with van der Waals surface area (Å²) >= 11 is 0. The van der Waals surface area contributed by atoms with Crippen LogP contribution < -0.4 is 10.6 Å². The maximum atomic E-state index is 12.1. The van der Waals surface area contributed by atoms with Crippen LogP contribution in [-0.4, -0.2) is 37.5 Å². The lowest BCUT2D eigenvalue weighted by atomic mass is 10.2. The highest BCUT2D eigenvalue weighted by molar-refractivity contribution is 5.89. The Kier molecular flexibility index (Phi) is 5.06. The van der Waals surface area contributed by atoms with Crippen molar-refractivity contribution in [2.45, 2.75) is 32.0 Å². The van der Waals surface area contributed by atoms with Crippen molar-refractivity contribution in [3.63, 3.8) is 0 Å². The van der Waals surface area contributed by atoms with Gasteiger partial charge in [-0.25, -0.2) is 14.5 Å².